The molecule has 5 nitrogen and oxygen atoms in total. The van der Waals surface area contributed by atoms with Crippen molar-refractivity contribution in [2.45, 2.75) is 13.3 Å². The van der Waals surface area contributed by atoms with E-state index >= 15 is 0 Å². The summed E-state index contributed by atoms with van der Waals surface area (Å²) in [6, 6.07) is 5.28. The average Bonchev–Trinajstić information content (AvgIpc) is 2.99. The van der Waals surface area contributed by atoms with Gasteiger partial charge in [0.15, 0.2) is 0 Å². The maximum absolute atomic E-state index is 11.4. The Morgan fingerprint density at radius 3 is 2.95 bits per heavy atom. The van der Waals surface area contributed by atoms with Crippen LogP contribution in [0.3, 0.4) is 0 Å². The van der Waals surface area contributed by atoms with Crippen LogP contribution in [0.5, 0.6) is 0 Å². The third-order valence-electron chi connectivity index (χ3n) is 2.86. The molecule has 0 unspecified atom stereocenters. The fourth-order valence-corrected chi connectivity index (χ4v) is 3.16. The summed E-state index contributed by atoms with van der Waals surface area (Å²) >= 11 is 13.6. The molecule has 0 saturated carbocycles. The molecule has 108 valence electrons. The van der Waals surface area contributed by atoms with Gasteiger partial charge in [-0.2, -0.15) is 4.98 Å². The molecule has 21 heavy (non-hydrogen) atoms. The van der Waals surface area contributed by atoms with E-state index in [1.165, 1.54) is 11.3 Å². The van der Waals surface area contributed by atoms with Gasteiger partial charge in [-0.1, -0.05) is 30.1 Å². The molecule has 0 saturated heterocycles. The van der Waals surface area contributed by atoms with E-state index in [0.29, 0.717) is 27.4 Å². The van der Waals surface area contributed by atoms with Gasteiger partial charge in [0, 0.05) is 22.4 Å². The lowest BCUT2D eigenvalue weighted by Gasteiger charge is -2.02. The van der Waals surface area contributed by atoms with Crippen LogP contribution in [-0.2, 0) is 4.79 Å². The van der Waals surface area contributed by atoms with Gasteiger partial charge in [-0.25, -0.2) is 4.52 Å². The molecule has 0 atom stereocenters. The second-order valence-electron chi connectivity index (χ2n) is 4.28. The Bertz CT molecular complexity index is 827. The smallest absolute Gasteiger partial charge is 0.250 e. The molecule has 0 spiro atoms. The minimum absolute atomic E-state index is 0.126. The zero-order chi connectivity index (χ0) is 15.0. The van der Waals surface area contributed by atoms with E-state index in [1.54, 1.807) is 23.6 Å². The van der Waals surface area contributed by atoms with E-state index < -0.39 is 0 Å². The first-order valence-corrected chi connectivity index (χ1v) is 7.81. The van der Waals surface area contributed by atoms with Crippen molar-refractivity contribution < 1.29 is 4.79 Å². The van der Waals surface area contributed by atoms with Gasteiger partial charge in [0.2, 0.25) is 16.8 Å². The van der Waals surface area contributed by atoms with Crippen LogP contribution in [-0.4, -0.2) is 20.5 Å². The summed E-state index contributed by atoms with van der Waals surface area (Å²) < 4.78 is 1.66. The Morgan fingerprint density at radius 1 is 1.43 bits per heavy atom. The van der Waals surface area contributed by atoms with E-state index in [9.17, 15) is 4.79 Å². The minimum atomic E-state index is -0.126. The van der Waals surface area contributed by atoms with Crippen LogP contribution in [0.4, 0.5) is 5.95 Å². The third-order valence-corrected chi connectivity index (χ3v) is 4.22. The van der Waals surface area contributed by atoms with E-state index in [0.717, 1.165) is 11.3 Å². The zero-order valence-electron chi connectivity index (χ0n) is 10.9. The molecule has 0 aliphatic rings. The maximum atomic E-state index is 11.4. The highest BCUT2D eigenvalue weighted by Crippen LogP contribution is 2.32. The highest BCUT2D eigenvalue weighted by molar-refractivity contribution is 7.15. The van der Waals surface area contributed by atoms with Crippen LogP contribution in [0.1, 0.15) is 13.3 Å². The molecule has 0 radical (unpaired) electrons. The van der Waals surface area contributed by atoms with Gasteiger partial charge in [0.05, 0.1) is 10.7 Å². The highest BCUT2D eigenvalue weighted by Gasteiger charge is 2.14. The summed E-state index contributed by atoms with van der Waals surface area (Å²) in [5, 5.41) is 9.96. The van der Waals surface area contributed by atoms with Crippen LogP contribution in [0.2, 0.25) is 10.0 Å². The first-order valence-electron chi connectivity index (χ1n) is 6.18. The second kappa shape index (κ2) is 5.63. The van der Waals surface area contributed by atoms with E-state index in [-0.39, 0.29) is 5.91 Å². The van der Waals surface area contributed by atoms with Gasteiger partial charge >= 0.3 is 0 Å². The second-order valence-corrected chi connectivity index (χ2v) is 5.96. The van der Waals surface area contributed by atoms with Gasteiger partial charge in [0.1, 0.15) is 0 Å². The number of nitrogens with zero attached hydrogens (tertiary/aromatic N) is 3. The number of halogens is 2. The van der Waals surface area contributed by atoms with Gasteiger partial charge in [0.25, 0.3) is 0 Å². The average molecular weight is 341 g/mol. The normalized spacial score (nSPS) is 11.0. The van der Waals surface area contributed by atoms with Crippen molar-refractivity contribution >= 4 is 51.4 Å². The Balaban J connectivity index is 2.05. The summed E-state index contributed by atoms with van der Waals surface area (Å²) in [6.07, 6.45) is 0.378. The van der Waals surface area contributed by atoms with Crippen LogP contribution >= 0.6 is 34.5 Å². The summed E-state index contributed by atoms with van der Waals surface area (Å²) in [6.45, 7) is 1.77. The van der Waals surface area contributed by atoms with Crippen LogP contribution in [0.15, 0.2) is 23.6 Å². The summed E-state index contributed by atoms with van der Waals surface area (Å²) in [7, 11) is 0. The monoisotopic (exact) mass is 340 g/mol. The maximum Gasteiger partial charge on any atom is 0.250 e. The molecule has 0 fully saturated rings. The van der Waals surface area contributed by atoms with Crippen molar-refractivity contribution in [1.29, 1.82) is 0 Å². The van der Waals surface area contributed by atoms with Crippen molar-refractivity contribution in [3.8, 4) is 11.3 Å². The predicted molar refractivity (Wildman–Crippen MR) is 85.2 cm³/mol. The third kappa shape index (κ3) is 2.74. The number of carbonyl (C=O) groups is 1. The zero-order valence-corrected chi connectivity index (χ0v) is 13.3. The molecule has 1 N–H and O–H groups in total. The van der Waals surface area contributed by atoms with Gasteiger partial charge < -0.3 is 0 Å². The molecule has 8 heteroatoms. The van der Waals surface area contributed by atoms with Gasteiger partial charge in [-0.15, -0.1) is 16.4 Å². The predicted octanol–water partition coefficient (Wildman–Crippen LogP) is 4.11. The first kappa shape index (κ1) is 14.3. The lowest BCUT2D eigenvalue weighted by Crippen LogP contribution is -2.10. The highest BCUT2D eigenvalue weighted by atomic mass is 35.5. The standard InChI is InChI=1S/C13H10Cl2N4OS/c1-2-11(20)16-12-17-13-19(18-12)10(6-21-13)8-4-3-7(14)5-9(8)15/h3-6H,2H2,1H3,(H,16,18,20). The number of amides is 1. The number of hydrogen-bond acceptors (Lipinski definition) is 4. The quantitative estimate of drug-likeness (QED) is 0.780. The van der Waals surface area contributed by atoms with Crippen LogP contribution in [0.25, 0.3) is 16.2 Å². The molecule has 1 amide bonds. The van der Waals surface area contributed by atoms with Crippen LogP contribution in [0, 0.1) is 0 Å². The SMILES string of the molecule is CCC(=O)Nc1nc2scc(-c3ccc(Cl)cc3Cl)n2n1. The number of carbonyl (C=O) groups excluding carboxylic acids is 1. The first-order chi connectivity index (χ1) is 10.1. The molecule has 3 rings (SSSR count). The van der Waals surface area contributed by atoms with E-state index in [4.69, 9.17) is 23.2 Å². The molecule has 0 aliphatic carbocycles. The molecule has 2 heterocycles. The summed E-state index contributed by atoms with van der Waals surface area (Å²) in [5.41, 5.74) is 1.62. The lowest BCUT2D eigenvalue weighted by molar-refractivity contribution is -0.115. The van der Waals surface area contributed by atoms with E-state index in [1.807, 2.05) is 11.4 Å². The van der Waals surface area contributed by atoms with Gasteiger partial charge in [-0.05, 0) is 18.2 Å². The van der Waals surface area contributed by atoms with Crippen molar-refractivity contribution in [2.24, 2.45) is 0 Å². The molecular weight excluding hydrogens is 331 g/mol. The number of nitrogens with one attached hydrogen (secondary N) is 1. The Morgan fingerprint density at radius 2 is 2.24 bits per heavy atom. The largest absolute Gasteiger partial charge is 0.293 e. The summed E-state index contributed by atoms with van der Waals surface area (Å²) in [5.74, 6) is 0.166. The van der Waals surface area contributed by atoms with Crippen LogP contribution < -0.4 is 5.32 Å². The topological polar surface area (TPSA) is 59.3 Å². The number of thiazole rings is 1. The number of aromatic nitrogens is 3. The van der Waals surface area contributed by atoms with Crippen molar-refractivity contribution in [3.05, 3.63) is 33.6 Å². The molecule has 0 bridgehead atoms. The molecule has 3 aromatic rings. The molecule has 0 aliphatic heterocycles. The fraction of sp³-hybridized carbons (Fsp3) is 0.154. The fourth-order valence-electron chi connectivity index (χ4n) is 1.83. The Hall–Kier alpha value is -1.63. The Labute approximate surface area is 134 Å². The molecular formula is C13H10Cl2N4OS. The van der Waals surface area contributed by atoms with Crippen molar-refractivity contribution in [3.63, 3.8) is 0 Å². The minimum Gasteiger partial charge on any atom is -0.293 e. The number of fused-ring (bicyclic) bond motifs is 1. The summed E-state index contributed by atoms with van der Waals surface area (Å²) in [4.78, 5) is 16.3. The molecule has 2 aromatic heterocycles. The Kier molecular flexibility index (Phi) is 3.84. The number of rotatable bonds is 3. The lowest BCUT2D eigenvalue weighted by atomic mass is 10.2. The van der Waals surface area contributed by atoms with Crippen molar-refractivity contribution in [2.75, 3.05) is 5.32 Å². The molecule has 1 aromatic carbocycles. The van der Waals surface area contributed by atoms with E-state index in [2.05, 4.69) is 15.4 Å². The van der Waals surface area contributed by atoms with Gasteiger partial charge in [-0.3, -0.25) is 10.1 Å². The number of hydrogen-bond donors (Lipinski definition) is 1. The number of benzene rings is 1. The van der Waals surface area contributed by atoms with Crippen molar-refractivity contribution in [1.82, 2.24) is 14.6 Å². The number of anilines is 1.